The monoisotopic (exact) mass is 447 g/mol. The number of fused-ring (bicyclic) bond motifs is 1. The molecule has 0 unspecified atom stereocenters. The molecule has 8 nitrogen and oxygen atoms in total. The Morgan fingerprint density at radius 3 is 2.33 bits per heavy atom. The van der Waals surface area contributed by atoms with Gasteiger partial charge in [-0.25, -0.2) is 9.59 Å². The van der Waals surface area contributed by atoms with E-state index in [1.807, 2.05) is 0 Å². The number of hydrogen-bond donors (Lipinski definition) is 0. The summed E-state index contributed by atoms with van der Waals surface area (Å²) in [5.74, 6) is -0.540. The minimum absolute atomic E-state index is 0.0258. The van der Waals surface area contributed by atoms with Crippen LogP contribution in [0.25, 0.3) is 0 Å². The molecule has 0 aromatic heterocycles. The Morgan fingerprint density at radius 2 is 1.58 bits per heavy atom. The number of rotatable bonds is 5. The van der Waals surface area contributed by atoms with Gasteiger partial charge in [0.05, 0.1) is 19.8 Å². The molecule has 0 spiro atoms. The van der Waals surface area contributed by atoms with Crippen molar-refractivity contribution in [1.82, 2.24) is 0 Å². The van der Waals surface area contributed by atoms with Crippen molar-refractivity contribution in [3.63, 3.8) is 0 Å². The Morgan fingerprint density at radius 1 is 0.848 bits per heavy atom. The van der Waals surface area contributed by atoms with Gasteiger partial charge >= 0.3 is 11.9 Å². The van der Waals surface area contributed by atoms with Crippen LogP contribution in [0, 0.1) is 0 Å². The number of benzene rings is 2. The van der Waals surface area contributed by atoms with Crippen LogP contribution in [-0.4, -0.2) is 45.2 Å². The molecule has 2 heterocycles. The van der Waals surface area contributed by atoms with Crippen LogP contribution in [0.3, 0.4) is 0 Å². The Kier molecular flexibility index (Phi) is 6.26. The van der Waals surface area contributed by atoms with Crippen LogP contribution >= 0.6 is 0 Å². The number of anilines is 1. The maximum absolute atomic E-state index is 13.2. The Hall–Kier alpha value is -4.33. The van der Waals surface area contributed by atoms with E-state index in [2.05, 4.69) is 0 Å². The third-order valence-electron chi connectivity index (χ3n) is 5.08. The van der Waals surface area contributed by atoms with Gasteiger partial charge in [0.25, 0.3) is 0 Å². The lowest BCUT2D eigenvalue weighted by Gasteiger charge is -2.23. The number of ketones is 1. The van der Waals surface area contributed by atoms with Crippen LogP contribution in [0.2, 0.25) is 0 Å². The van der Waals surface area contributed by atoms with E-state index < -0.39 is 11.9 Å². The molecule has 0 saturated carbocycles. The normalized spacial score (nSPS) is 14.5. The molecule has 0 amide bonds. The van der Waals surface area contributed by atoms with Crippen molar-refractivity contribution >= 4 is 23.4 Å². The number of ether oxygens (including phenoxy) is 4. The predicted molar refractivity (Wildman–Crippen MR) is 119 cm³/mol. The minimum atomic E-state index is -0.727. The number of carbonyl (C=O) groups excluding carboxylic acids is 3. The van der Waals surface area contributed by atoms with E-state index in [0.717, 1.165) is 0 Å². The molecule has 0 aliphatic carbocycles. The van der Waals surface area contributed by atoms with Crippen molar-refractivity contribution in [2.24, 2.45) is 0 Å². The third-order valence-corrected chi connectivity index (χ3v) is 5.08. The third kappa shape index (κ3) is 4.36. The van der Waals surface area contributed by atoms with Crippen LogP contribution in [0.1, 0.15) is 15.9 Å². The molecule has 2 aliphatic heterocycles. The summed E-state index contributed by atoms with van der Waals surface area (Å²) >= 11 is 0. The number of methoxy groups -OCH3 is 2. The summed E-state index contributed by atoms with van der Waals surface area (Å²) < 4.78 is 20.8. The van der Waals surface area contributed by atoms with Crippen molar-refractivity contribution in [1.29, 1.82) is 0 Å². The first-order valence-corrected chi connectivity index (χ1v) is 10.1. The molecule has 0 atom stereocenters. The second kappa shape index (κ2) is 9.44. The van der Waals surface area contributed by atoms with Gasteiger partial charge in [0, 0.05) is 23.0 Å². The highest BCUT2D eigenvalue weighted by Gasteiger charge is 2.28. The highest BCUT2D eigenvalue weighted by Crippen LogP contribution is 2.32. The summed E-state index contributed by atoms with van der Waals surface area (Å²) in [5.41, 5.74) is 1.30. The van der Waals surface area contributed by atoms with Gasteiger partial charge in [-0.05, 0) is 42.5 Å². The summed E-state index contributed by atoms with van der Waals surface area (Å²) in [4.78, 5) is 39.6. The lowest BCUT2D eigenvalue weighted by Crippen LogP contribution is -2.27. The number of carbonyl (C=O) groups is 3. The van der Waals surface area contributed by atoms with E-state index in [-0.39, 0.29) is 17.1 Å². The highest BCUT2D eigenvalue weighted by molar-refractivity contribution is 6.10. The summed E-state index contributed by atoms with van der Waals surface area (Å²) in [6.07, 6.45) is 6.35. The minimum Gasteiger partial charge on any atom is -0.486 e. The maximum atomic E-state index is 13.2. The Labute approximate surface area is 190 Å². The number of nitrogens with zero attached hydrogens (tertiary/aromatic N) is 1. The lowest BCUT2D eigenvalue weighted by atomic mass is 10.0. The molecule has 168 valence electrons. The molecule has 2 aliphatic rings. The number of esters is 2. The highest BCUT2D eigenvalue weighted by atomic mass is 16.6. The van der Waals surface area contributed by atoms with Crippen LogP contribution in [0.15, 0.2) is 78.2 Å². The largest absolute Gasteiger partial charge is 0.486 e. The van der Waals surface area contributed by atoms with Crippen molar-refractivity contribution in [3.05, 3.63) is 89.3 Å². The number of hydrogen-bond acceptors (Lipinski definition) is 8. The van der Waals surface area contributed by atoms with Gasteiger partial charge in [-0.2, -0.15) is 0 Å². The zero-order valence-corrected chi connectivity index (χ0v) is 18.1. The van der Waals surface area contributed by atoms with E-state index in [1.165, 1.54) is 25.2 Å². The first kappa shape index (κ1) is 21.9. The standard InChI is InChI=1S/C25H21NO7/c1-30-24(28)19-8-3-4-11-26(22(19)25(29)31-2)18-7-5-6-16(14-18)23(27)17-9-10-20-21(15-17)33-13-12-32-20/h3-11,14-15H,12-13H2,1-2H3. The Balaban J connectivity index is 1.74. The SMILES string of the molecule is COC(=O)C1=C(C(=O)OC)N(c2cccc(C(=O)c3ccc4c(c3)OCCO4)c2)C=CC=C1. The summed E-state index contributed by atoms with van der Waals surface area (Å²) in [7, 11) is 2.45. The van der Waals surface area contributed by atoms with E-state index in [4.69, 9.17) is 18.9 Å². The van der Waals surface area contributed by atoms with Crippen LogP contribution in [-0.2, 0) is 19.1 Å². The van der Waals surface area contributed by atoms with Crippen LogP contribution in [0.5, 0.6) is 11.5 Å². The molecular weight excluding hydrogens is 426 g/mol. The van der Waals surface area contributed by atoms with Gasteiger partial charge in [0.2, 0.25) is 0 Å². The molecule has 2 aromatic carbocycles. The van der Waals surface area contributed by atoms with E-state index in [1.54, 1.807) is 60.8 Å². The van der Waals surface area contributed by atoms with Gasteiger partial charge < -0.3 is 23.8 Å². The van der Waals surface area contributed by atoms with Gasteiger partial charge in [0.15, 0.2) is 17.3 Å². The molecular formula is C25H21NO7. The molecule has 0 N–H and O–H groups in total. The zero-order chi connectivity index (χ0) is 23.4. The average Bonchev–Trinajstić information content (AvgIpc) is 3.10. The summed E-state index contributed by atoms with van der Waals surface area (Å²) in [5, 5.41) is 0. The molecule has 0 bridgehead atoms. The first-order valence-electron chi connectivity index (χ1n) is 10.1. The maximum Gasteiger partial charge on any atom is 0.355 e. The molecule has 0 radical (unpaired) electrons. The lowest BCUT2D eigenvalue weighted by molar-refractivity contribution is -0.139. The van der Waals surface area contributed by atoms with Crippen molar-refractivity contribution < 1.29 is 33.3 Å². The average molecular weight is 447 g/mol. The van der Waals surface area contributed by atoms with E-state index in [0.29, 0.717) is 41.5 Å². The fraction of sp³-hybridized carbons (Fsp3) is 0.160. The van der Waals surface area contributed by atoms with Gasteiger partial charge in [-0.3, -0.25) is 4.79 Å². The van der Waals surface area contributed by atoms with Crippen molar-refractivity contribution in [3.8, 4) is 11.5 Å². The zero-order valence-electron chi connectivity index (χ0n) is 18.1. The van der Waals surface area contributed by atoms with Crippen molar-refractivity contribution in [2.45, 2.75) is 0 Å². The van der Waals surface area contributed by atoms with E-state index >= 15 is 0 Å². The predicted octanol–water partition coefficient (Wildman–Crippen LogP) is 3.18. The summed E-state index contributed by atoms with van der Waals surface area (Å²) in [6, 6.07) is 11.7. The summed E-state index contributed by atoms with van der Waals surface area (Å²) in [6.45, 7) is 0.880. The van der Waals surface area contributed by atoms with Gasteiger partial charge in [0.1, 0.15) is 18.9 Å². The second-order valence-electron chi connectivity index (χ2n) is 7.05. The van der Waals surface area contributed by atoms with Crippen molar-refractivity contribution in [2.75, 3.05) is 32.3 Å². The van der Waals surface area contributed by atoms with Crippen LogP contribution in [0.4, 0.5) is 5.69 Å². The quantitative estimate of drug-likeness (QED) is 0.510. The fourth-order valence-electron chi connectivity index (χ4n) is 3.51. The second-order valence-corrected chi connectivity index (χ2v) is 7.05. The Bertz CT molecular complexity index is 1210. The number of allylic oxidation sites excluding steroid dienone is 2. The van der Waals surface area contributed by atoms with Crippen LogP contribution < -0.4 is 14.4 Å². The first-order chi connectivity index (χ1) is 16.0. The van der Waals surface area contributed by atoms with Gasteiger partial charge in [-0.1, -0.05) is 18.2 Å². The molecule has 0 fully saturated rings. The molecule has 8 heteroatoms. The van der Waals surface area contributed by atoms with E-state index in [9.17, 15) is 14.4 Å². The molecule has 2 aromatic rings. The smallest absolute Gasteiger partial charge is 0.355 e. The van der Waals surface area contributed by atoms with Gasteiger partial charge in [-0.15, -0.1) is 0 Å². The molecule has 4 rings (SSSR count). The molecule has 33 heavy (non-hydrogen) atoms. The topological polar surface area (TPSA) is 91.4 Å². The molecule has 0 saturated heterocycles. The fourth-order valence-corrected chi connectivity index (χ4v) is 3.51.